The van der Waals surface area contributed by atoms with Crippen LogP contribution in [0, 0.1) is 23.7 Å². The normalized spacial score (nSPS) is 26.5. The van der Waals surface area contributed by atoms with E-state index in [9.17, 15) is 14.4 Å². The van der Waals surface area contributed by atoms with Crippen LogP contribution in [-0.2, 0) is 20.8 Å². The van der Waals surface area contributed by atoms with E-state index in [4.69, 9.17) is 14.6 Å². The summed E-state index contributed by atoms with van der Waals surface area (Å²) in [7, 11) is 1.44. The molecule has 156 valence electrons. The second-order valence-electron chi connectivity index (χ2n) is 7.62. The van der Waals surface area contributed by atoms with Crippen LogP contribution in [0.5, 0.6) is 11.5 Å². The summed E-state index contributed by atoms with van der Waals surface area (Å²) in [5, 5.41) is 14.1. The van der Waals surface area contributed by atoms with Crippen LogP contribution in [0.1, 0.15) is 17.5 Å². The quantitative estimate of drug-likeness (QED) is 0.399. The van der Waals surface area contributed by atoms with Crippen molar-refractivity contribution >= 4 is 24.0 Å². The molecule has 1 aromatic carbocycles. The lowest BCUT2D eigenvalue weighted by atomic mass is 9.85. The van der Waals surface area contributed by atoms with Crippen LogP contribution in [0.2, 0.25) is 0 Å². The fourth-order valence-electron chi connectivity index (χ4n) is 4.64. The van der Waals surface area contributed by atoms with E-state index >= 15 is 0 Å². The molecule has 4 unspecified atom stereocenters. The number of allylic oxidation sites excluding steroid dienone is 3. The third kappa shape index (κ3) is 3.28. The Labute approximate surface area is 173 Å². The molecule has 0 spiro atoms. The van der Waals surface area contributed by atoms with Crippen LogP contribution in [0.25, 0.3) is 0 Å². The smallest absolute Gasteiger partial charge is 0.341 e. The number of carboxylic acid groups (broad SMARTS) is 1. The van der Waals surface area contributed by atoms with E-state index in [1.807, 2.05) is 12.2 Å². The molecule has 8 heteroatoms. The number of hydrogen-bond donors (Lipinski definition) is 1. The maximum Gasteiger partial charge on any atom is 0.341 e. The highest BCUT2D eigenvalue weighted by Gasteiger charge is 2.59. The van der Waals surface area contributed by atoms with Crippen LogP contribution >= 0.6 is 0 Å². The summed E-state index contributed by atoms with van der Waals surface area (Å²) >= 11 is 0. The van der Waals surface area contributed by atoms with Gasteiger partial charge in [-0.2, -0.15) is 10.1 Å². The third-order valence-corrected chi connectivity index (χ3v) is 5.85. The third-order valence-electron chi connectivity index (χ3n) is 5.85. The topological polar surface area (TPSA) is 106 Å². The minimum absolute atomic E-state index is 0.126. The van der Waals surface area contributed by atoms with Crippen LogP contribution in [0.3, 0.4) is 0 Å². The largest absolute Gasteiger partial charge is 0.493 e. The van der Waals surface area contributed by atoms with Gasteiger partial charge in [0.05, 0.1) is 25.2 Å². The summed E-state index contributed by atoms with van der Waals surface area (Å²) < 4.78 is 10.7. The monoisotopic (exact) mass is 410 g/mol. The van der Waals surface area contributed by atoms with Gasteiger partial charge in [0.2, 0.25) is 0 Å². The molecule has 4 atom stereocenters. The molecule has 1 N–H and O–H groups in total. The molecule has 8 nitrogen and oxygen atoms in total. The Kier molecular flexibility index (Phi) is 5.15. The predicted octanol–water partition coefficient (Wildman–Crippen LogP) is 2.03. The van der Waals surface area contributed by atoms with E-state index in [1.165, 1.54) is 13.3 Å². The van der Waals surface area contributed by atoms with Crippen molar-refractivity contribution in [2.24, 2.45) is 28.8 Å². The zero-order chi connectivity index (χ0) is 21.4. The van der Waals surface area contributed by atoms with E-state index < -0.39 is 12.6 Å². The fraction of sp³-hybridized carbons (Fsp3) is 0.364. The van der Waals surface area contributed by atoms with E-state index in [1.54, 1.807) is 18.2 Å². The molecule has 3 aliphatic rings. The van der Waals surface area contributed by atoms with E-state index in [0.717, 1.165) is 11.4 Å². The number of carbonyl (C=O) groups excluding carboxylic acids is 2. The number of fused-ring (bicyclic) bond motifs is 5. The molecule has 0 aromatic heterocycles. The van der Waals surface area contributed by atoms with Gasteiger partial charge in [0.15, 0.2) is 18.1 Å². The molecule has 1 aliphatic heterocycles. The van der Waals surface area contributed by atoms with Gasteiger partial charge in [-0.3, -0.25) is 9.59 Å². The van der Waals surface area contributed by atoms with Crippen molar-refractivity contribution in [3.8, 4) is 11.5 Å². The summed E-state index contributed by atoms with van der Waals surface area (Å²) in [6.45, 7) is 3.20. The van der Waals surface area contributed by atoms with Crippen molar-refractivity contribution in [3.05, 3.63) is 48.1 Å². The Balaban J connectivity index is 1.60. The molecule has 2 bridgehead atoms. The average Bonchev–Trinajstić information content (AvgIpc) is 3.39. The van der Waals surface area contributed by atoms with Crippen molar-refractivity contribution < 1.29 is 29.0 Å². The summed E-state index contributed by atoms with van der Waals surface area (Å²) in [6, 6.07) is 3.35. The Morgan fingerprint density at radius 2 is 1.93 bits per heavy atom. The van der Waals surface area contributed by atoms with Crippen LogP contribution in [0.15, 0.2) is 42.0 Å². The van der Waals surface area contributed by atoms with Gasteiger partial charge in [-0.05, 0) is 42.4 Å². The van der Waals surface area contributed by atoms with E-state index in [0.29, 0.717) is 29.0 Å². The van der Waals surface area contributed by atoms with Gasteiger partial charge in [-0.15, -0.1) is 6.58 Å². The number of nitrogens with zero attached hydrogens (tertiary/aromatic N) is 2. The van der Waals surface area contributed by atoms with Gasteiger partial charge in [-0.1, -0.05) is 18.2 Å². The number of aliphatic carboxylic acids is 1. The molecule has 2 amide bonds. The van der Waals surface area contributed by atoms with E-state index in [-0.39, 0.29) is 35.5 Å². The molecular weight excluding hydrogens is 388 g/mol. The number of benzene rings is 1. The van der Waals surface area contributed by atoms with Crippen molar-refractivity contribution in [2.75, 3.05) is 13.7 Å². The van der Waals surface area contributed by atoms with Crippen molar-refractivity contribution in [2.45, 2.75) is 12.8 Å². The van der Waals surface area contributed by atoms with Gasteiger partial charge in [0.25, 0.3) is 11.8 Å². The van der Waals surface area contributed by atoms with E-state index in [2.05, 4.69) is 11.7 Å². The highest BCUT2D eigenvalue weighted by Crippen LogP contribution is 2.52. The number of hydrazone groups is 1. The lowest BCUT2D eigenvalue weighted by Crippen LogP contribution is -2.28. The molecular formula is C22H22N2O6. The van der Waals surface area contributed by atoms with Gasteiger partial charge >= 0.3 is 5.97 Å². The Bertz CT molecular complexity index is 952. The lowest BCUT2D eigenvalue weighted by molar-refractivity contribution is -0.141. The second-order valence-corrected chi connectivity index (χ2v) is 7.62. The summed E-state index contributed by atoms with van der Waals surface area (Å²) in [6.07, 6.45) is 8.43. The molecule has 30 heavy (non-hydrogen) atoms. The molecule has 1 aromatic rings. The number of imide groups is 1. The minimum Gasteiger partial charge on any atom is -0.493 e. The number of methoxy groups -OCH3 is 1. The molecule has 1 saturated carbocycles. The van der Waals surface area contributed by atoms with Crippen LogP contribution < -0.4 is 9.47 Å². The number of carboxylic acids is 1. The first kappa shape index (κ1) is 19.9. The lowest BCUT2D eigenvalue weighted by Gasteiger charge is -2.15. The zero-order valence-corrected chi connectivity index (χ0v) is 16.5. The van der Waals surface area contributed by atoms with Crippen LogP contribution in [-0.4, -0.2) is 47.8 Å². The standard InChI is InChI=1S/C22H22N2O6/c1-3-4-15-7-12(8-16(29-2)20(15)30-11-17(25)26)10-23-24-21(27)18-13-5-6-14(9-13)19(18)22(24)28/h3,5-8,10,13-14,18-19H,1,4,9,11H2,2H3,(H,25,26). The Hall–Kier alpha value is -3.42. The first-order valence-corrected chi connectivity index (χ1v) is 9.71. The number of hydrogen-bond acceptors (Lipinski definition) is 6. The van der Waals surface area contributed by atoms with Gasteiger partial charge in [0, 0.05) is 5.56 Å². The second kappa shape index (κ2) is 7.78. The fourth-order valence-corrected chi connectivity index (χ4v) is 4.64. The molecule has 1 heterocycles. The first-order chi connectivity index (χ1) is 14.4. The summed E-state index contributed by atoms with van der Waals surface area (Å²) in [4.78, 5) is 36.4. The average molecular weight is 410 g/mol. The highest BCUT2D eigenvalue weighted by molar-refractivity contribution is 6.06. The number of amides is 2. The summed E-state index contributed by atoms with van der Waals surface area (Å²) in [5.74, 6) is -1.33. The maximum atomic E-state index is 12.7. The number of rotatable bonds is 8. The van der Waals surface area contributed by atoms with Crippen molar-refractivity contribution in [1.82, 2.24) is 5.01 Å². The van der Waals surface area contributed by atoms with Gasteiger partial charge in [0.1, 0.15) is 0 Å². The molecule has 1 saturated heterocycles. The number of ether oxygens (including phenoxy) is 2. The molecule has 2 aliphatic carbocycles. The zero-order valence-electron chi connectivity index (χ0n) is 16.5. The number of carbonyl (C=O) groups is 3. The first-order valence-electron chi connectivity index (χ1n) is 9.71. The molecule has 2 fully saturated rings. The predicted molar refractivity (Wildman–Crippen MR) is 107 cm³/mol. The van der Waals surface area contributed by atoms with Crippen LogP contribution in [0.4, 0.5) is 0 Å². The summed E-state index contributed by atoms with van der Waals surface area (Å²) in [5.41, 5.74) is 1.25. The van der Waals surface area contributed by atoms with Gasteiger partial charge in [-0.25, -0.2) is 4.79 Å². The SMILES string of the molecule is C=CCc1cc(C=NN2C(=O)C3C4C=CC(C4)C3C2=O)cc(OC)c1OCC(=O)O. The minimum atomic E-state index is -1.10. The molecule has 0 radical (unpaired) electrons. The Morgan fingerprint density at radius 3 is 2.50 bits per heavy atom. The highest BCUT2D eigenvalue weighted by atomic mass is 16.5. The Morgan fingerprint density at radius 1 is 1.27 bits per heavy atom. The van der Waals surface area contributed by atoms with Crippen molar-refractivity contribution in [1.29, 1.82) is 0 Å². The van der Waals surface area contributed by atoms with Crippen molar-refractivity contribution in [3.63, 3.8) is 0 Å². The van der Waals surface area contributed by atoms with Gasteiger partial charge < -0.3 is 14.6 Å². The molecule has 4 rings (SSSR count). The maximum absolute atomic E-state index is 12.7.